The molecule has 0 bridgehead atoms. The lowest BCUT2D eigenvalue weighted by Gasteiger charge is -2.33. The molecule has 2 N–H and O–H groups in total. The number of hydrogen-bond donors (Lipinski definition) is 2. The van der Waals surface area contributed by atoms with Gasteiger partial charge >= 0.3 is 0 Å². The van der Waals surface area contributed by atoms with Crippen LogP contribution in [0.2, 0.25) is 5.02 Å². The molecule has 0 aliphatic carbocycles. The van der Waals surface area contributed by atoms with E-state index in [1.165, 1.54) is 18.2 Å². The van der Waals surface area contributed by atoms with Gasteiger partial charge in [0.25, 0.3) is 11.6 Å². The molecule has 0 unspecified atom stereocenters. The second-order valence-corrected chi connectivity index (χ2v) is 7.02. The molecule has 1 aliphatic rings. The summed E-state index contributed by atoms with van der Waals surface area (Å²) in [5.74, 6) is 0.562. The SMILES string of the molecule is COc1cccc(N2CC[NH+](CC(=O)Nc3ccc(Cl)cc3[N+](=O)[O-])CC2)c1. The van der Waals surface area contributed by atoms with Gasteiger partial charge in [0.2, 0.25) is 0 Å². The van der Waals surface area contributed by atoms with Crippen molar-refractivity contribution in [3.63, 3.8) is 0 Å². The monoisotopic (exact) mass is 405 g/mol. The number of methoxy groups -OCH3 is 1. The first-order chi connectivity index (χ1) is 13.5. The van der Waals surface area contributed by atoms with Gasteiger partial charge in [0.05, 0.1) is 38.2 Å². The predicted molar refractivity (Wildman–Crippen MR) is 108 cm³/mol. The van der Waals surface area contributed by atoms with Crippen molar-refractivity contribution < 1.29 is 19.4 Å². The fourth-order valence-electron chi connectivity index (χ4n) is 3.25. The van der Waals surface area contributed by atoms with E-state index in [4.69, 9.17) is 16.3 Å². The van der Waals surface area contributed by atoms with Crippen LogP contribution < -0.4 is 19.9 Å². The first-order valence-electron chi connectivity index (χ1n) is 8.92. The largest absolute Gasteiger partial charge is 0.497 e. The number of rotatable bonds is 6. The molecular formula is C19H22ClN4O4+. The van der Waals surface area contributed by atoms with Crippen LogP contribution in [0, 0.1) is 10.1 Å². The van der Waals surface area contributed by atoms with E-state index in [1.54, 1.807) is 7.11 Å². The van der Waals surface area contributed by atoms with E-state index < -0.39 is 4.92 Å². The van der Waals surface area contributed by atoms with Crippen LogP contribution in [-0.4, -0.2) is 50.7 Å². The number of carbonyl (C=O) groups excluding carboxylic acids is 1. The number of quaternary nitrogens is 1. The van der Waals surface area contributed by atoms with Crippen LogP contribution in [0.3, 0.4) is 0 Å². The number of carbonyl (C=O) groups is 1. The predicted octanol–water partition coefficient (Wildman–Crippen LogP) is 1.60. The summed E-state index contributed by atoms with van der Waals surface area (Å²) in [5, 5.41) is 14.0. The molecule has 3 rings (SSSR count). The van der Waals surface area contributed by atoms with E-state index in [2.05, 4.69) is 10.2 Å². The van der Waals surface area contributed by atoms with Crippen molar-refractivity contribution in [2.45, 2.75) is 0 Å². The standard InChI is InChI=1S/C19H21ClN4O4/c1-28-16-4-2-3-15(12-16)23-9-7-22(8-10-23)13-19(25)21-17-6-5-14(20)11-18(17)24(26)27/h2-6,11-12H,7-10,13H2,1H3,(H,21,25)/p+1. The molecule has 8 nitrogen and oxygen atoms in total. The number of benzene rings is 2. The van der Waals surface area contributed by atoms with Gasteiger partial charge in [-0.1, -0.05) is 17.7 Å². The van der Waals surface area contributed by atoms with Crippen molar-refractivity contribution in [1.29, 1.82) is 0 Å². The van der Waals surface area contributed by atoms with Gasteiger partial charge in [-0.2, -0.15) is 0 Å². The second kappa shape index (κ2) is 8.90. The normalized spacial score (nSPS) is 14.6. The van der Waals surface area contributed by atoms with Crippen LogP contribution in [0.15, 0.2) is 42.5 Å². The van der Waals surface area contributed by atoms with Crippen LogP contribution in [0.1, 0.15) is 0 Å². The van der Waals surface area contributed by atoms with E-state index in [9.17, 15) is 14.9 Å². The number of anilines is 2. The highest BCUT2D eigenvalue weighted by molar-refractivity contribution is 6.31. The van der Waals surface area contributed by atoms with Crippen molar-refractivity contribution in [2.24, 2.45) is 0 Å². The molecule has 0 atom stereocenters. The zero-order chi connectivity index (χ0) is 20.1. The van der Waals surface area contributed by atoms with E-state index in [0.29, 0.717) is 0 Å². The van der Waals surface area contributed by atoms with Crippen molar-refractivity contribution in [3.05, 3.63) is 57.6 Å². The average molecular weight is 406 g/mol. The zero-order valence-corrected chi connectivity index (χ0v) is 16.2. The van der Waals surface area contributed by atoms with Gasteiger partial charge in [-0.3, -0.25) is 14.9 Å². The third-order valence-electron chi connectivity index (χ3n) is 4.73. The number of nitrogens with one attached hydrogen (secondary N) is 2. The van der Waals surface area contributed by atoms with Crippen molar-refractivity contribution in [2.75, 3.05) is 50.1 Å². The zero-order valence-electron chi connectivity index (χ0n) is 15.5. The Kier molecular flexibility index (Phi) is 6.33. The summed E-state index contributed by atoms with van der Waals surface area (Å²) < 4.78 is 5.27. The van der Waals surface area contributed by atoms with Gasteiger partial charge in [0.1, 0.15) is 11.4 Å². The molecular weight excluding hydrogens is 384 g/mol. The molecule has 1 heterocycles. The Balaban J connectivity index is 1.55. The fraction of sp³-hybridized carbons (Fsp3) is 0.316. The minimum absolute atomic E-state index is 0.161. The molecule has 1 fully saturated rings. The van der Waals surface area contributed by atoms with Gasteiger partial charge in [-0.15, -0.1) is 0 Å². The number of halogens is 1. The van der Waals surface area contributed by atoms with Crippen molar-refractivity contribution in [1.82, 2.24) is 0 Å². The molecule has 28 heavy (non-hydrogen) atoms. The minimum Gasteiger partial charge on any atom is -0.497 e. The summed E-state index contributed by atoms with van der Waals surface area (Å²) in [5.41, 5.74) is 1.05. The van der Waals surface area contributed by atoms with Gasteiger partial charge < -0.3 is 19.9 Å². The van der Waals surface area contributed by atoms with E-state index in [-0.39, 0.29) is 28.8 Å². The Labute approximate surface area is 167 Å². The molecule has 0 aromatic heterocycles. The Morgan fingerprint density at radius 1 is 1.29 bits per heavy atom. The quantitative estimate of drug-likeness (QED) is 0.563. The molecule has 1 aliphatic heterocycles. The first-order valence-corrected chi connectivity index (χ1v) is 9.30. The lowest BCUT2D eigenvalue weighted by molar-refractivity contribution is -0.892. The minimum atomic E-state index is -0.554. The number of piperazine rings is 1. The van der Waals surface area contributed by atoms with Gasteiger partial charge in [-0.05, 0) is 24.3 Å². The molecule has 1 saturated heterocycles. The molecule has 148 valence electrons. The molecule has 0 radical (unpaired) electrons. The van der Waals surface area contributed by atoms with Crippen LogP contribution in [-0.2, 0) is 4.79 Å². The summed E-state index contributed by atoms with van der Waals surface area (Å²) in [4.78, 5) is 26.3. The fourth-order valence-corrected chi connectivity index (χ4v) is 3.41. The maximum Gasteiger partial charge on any atom is 0.294 e. The van der Waals surface area contributed by atoms with Crippen LogP contribution in [0.25, 0.3) is 0 Å². The first kappa shape index (κ1) is 19.9. The van der Waals surface area contributed by atoms with Crippen LogP contribution in [0.5, 0.6) is 5.75 Å². The average Bonchev–Trinajstić information content (AvgIpc) is 2.69. The number of ether oxygens (including phenoxy) is 1. The van der Waals surface area contributed by atoms with Gasteiger partial charge in [0, 0.05) is 22.8 Å². The topological polar surface area (TPSA) is 89.2 Å². The van der Waals surface area contributed by atoms with Gasteiger partial charge in [-0.25, -0.2) is 0 Å². The van der Waals surface area contributed by atoms with Crippen LogP contribution >= 0.6 is 11.6 Å². The Bertz CT molecular complexity index is 869. The highest BCUT2D eigenvalue weighted by Gasteiger charge is 2.24. The van der Waals surface area contributed by atoms with Crippen molar-refractivity contribution >= 4 is 34.6 Å². The molecule has 0 spiro atoms. The Morgan fingerprint density at radius 3 is 2.71 bits per heavy atom. The lowest BCUT2D eigenvalue weighted by atomic mass is 10.2. The van der Waals surface area contributed by atoms with E-state index in [0.717, 1.165) is 42.5 Å². The molecule has 0 saturated carbocycles. The number of nitro benzene ring substituents is 1. The number of nitro groups is 1. The van der Waals surface area contributed by atoms with Crippen LogP contribution in [0.4, 0.5) is 17.1 Å². The summed E-state index contributed by atoms with van der Waals surface area (Å²) in [6, 6.07) is 12.1. The Morgan fingerprint density at radius 2 is 2.04 bits per heavy atom. The summed E-state index contributed by atoms with van der Waals surface area (Å²) in [7, 11) is 1.64. The highest BCUT2D eigenvalue weighted by Crippen LogP contribution is 2.27. The number of hydrogen-bond acceptors (Lipinski definition) is 5. The van der Waals surface area contributed by atoms with Crippen molar-refractivity contribution in [3.8, 4) is 5.75 Å². The third kappa shape index (κ3) is 4.90. The lowest BCUT2D eigenvalue weighted by Crippen LogP contribution is -3.15. The van der Waals surface area contributed by atoms with E-state index >= 15 is 0 Å². The summed E-state index contributed by atoms with van der Waals surface area (Å²) >= 11 is 5.80. The molecule has 1 amide bonds. The third-order valence-corrected chi connectivity index (χ3v) is 4.97. The maximum atomic E-state index is 12.4. The molecule has 2 aromatic carbocycles. The summed E-state index contributed by atoms with van der Waals surface area (Å²) in [6.07, 6.45) is 0. The molecule has 9 heteroatoms. The smallest absolute Gasteiger partial charge is 0.294 e. The maximum absolute atomic E-state index is 12.4. The van der Waals surface area contributed by atoms with E-state index in [1.807, 2.05) is 24.3 Å². The molecule has 2 aromatic rings. The van der Waals surface area contributed by atoms with Gasteiger partial charge in [0.15, 0.2) is 6.54 Å². The second-order valence-electron chi connectivity index (χ2n) is 6.58. The summed E-state index contributed by atoms with van der Waals surface area (Å²) in [6.45, 7) is 3.49. The number of nitrogens with zero attached hydrogens (tertiary/aromatic N) is 2. The Hall–Kier alpha value is -2.84. The highest BCUT2D eigenvalue weighted by atomic mass is 35.5. The number of amides is 1.